The number of aromatic nitrogens is 1. The quantitative estimate of drug-likeness (QED) is 0.682. The van der Waals surface area contributed by atoms with E-state index in [9.17, 15) is 0 Å². The smallest absolute Gasteiger partial charge is 0.0453 e. The predicted octanol–water partition coefficient (Wildman–Crippen LogP) is 4.92. The summed E-state index contributed by atoms with van der Waals surface area (Å²) in [6.45, 7) is 0. The highest BCUT2D eigenvalue weighted by atomic mass is 79.9. The molecule has 16 heavy (non-hydrogen) atoms. The number of halogens is 3. The minimum atomic E-state index is 0.761. The molecule has 2 aromatic rings. The summed E-state index contributed by atoms with van der Waals surface area (Å²) in [5.41, 5.74) is 3.69. The maximum atomic E-state index is 5.88. The van der Waals surface area contributed by atoms with Crippen molar-refractivity contribution in [3.05, 3.63) is 52.8 Å². The van der Waals surface area contributed by atoms with Gasteiger partial charge in [-0.2, -0.15) is 0 Å². The van der Waals surface area contributed by atoms with E-state index in [2.05, 4.69) is 48.7 Å². The van der Waals surface area contributed by atoms with Gasteiger partial charge in [0.15, 0.2) is 0 Å². The van der Waals surface area contributed by atoms with Crippen LogP contribution in [0, 0.1) is 0 Å². The van der Waals surface area contributed by atoms with Crippen molar-refractivity contribution in [3.63, 3.8) is 0 Å². The number of hydrogen-bond donors (Lipinski definition) is 0. The largest absolute Gasteiger partial charge is 0.320 e. The Hall–Kier alpha value is -0.250. The van der Waals surface area contributed by atoms with E-state index in [1.807, 2.05) is 24.3 Å². The SMILES string of the molecule is Clc1ccc(-n2ccc(CBr)c2CBr)cc1. The first-order valence-corrected chi connectivity index (χ1v) is 7.45. The van der Waals surface area contributed by atoms with Crippen molar-refractivity contribution in [3.8, 4) is 5.69 Å². The maximum Gasteiger partial charge on any atom is 0.0453 e. The number of hydrogen-bond acceptors (Lipinski definition) is 0. The lowest BCUT2D eigenvalue weighted by Crippen LogP contribution is -1.98. The molecule has 4 heteroatoms. The highest BCUT2D eigenvalue weighted by Gasteiger charge is 2.08. The summed E-state index contributed by atoms with van der Waals surface area (Å²) in [5, 5.41) is 2.47. The van der Waals surface area contributed by atoms with E-state index in [4.69, 9.17) is 11.6 Å². The summed E-state index contributed by atoms with van der Waals surface area (Å²) >= 11 is 12.9. The van der Waals surface area contributed by atoms with Crippen molar-refractivity contribution in [1.82, 2.24) is 4.57 Å². The molecule has 0 amide bonds. The predicted molar refractivity (Wildman–Crippen MR) is 76.0 cm³/mol. The minimum Gasteiger partial charge on any atom is -0.320 e. The molecule has 2 rings (SSSR count). The fraction of sp³-hybridized carbons (Fsp3) is 0.167. The average molecular weight is 363 g/mol. The van der Waals surface area contributed by atoms with E-state index in [1.54, 1.807) is 0 Å². The fourth-order valence-corrected chi connectivity index (χ4v) is 2.89. The molecule has 1 aromatic carbocycles. The van der Waals surface area contributed by atoms with Crippen LogP contribution in [0.4, 0.5) is 0 Å². The molecule has 0 saturated carbocycles. The van der Waals surface area contributed by atoms with Crippen molar-refractivity contribution in [2.45, 2.75) is 10.7 Å². The van der Waals surface area contributed by atoms with Gasteiger partial charge in [-0.1, -0.05) is 43.5 Å². The summed E-state index contributed by atoms with van der Waals surface area (Å²) in [5.74, 6) is 0. The zero-order chi connectivity index (χ0) is 11.5. The Bertz CT molecular complexity index is 476. The van der Waals surface area contributed by atoms with E-state index in [0.29, 0.717) is 0 Å². The Morgan fingerprint density at radius 2 is 1.69 bits per heavy atom. The van der Waals surface area contributed by atoms with Crippen LogP contribution in [0.15, 0.2) is 36.5 Å². The molecule has 1 aromatic heterocycles. The fourth-order valence-electron chi connectivity index (χ4n) is 1.62. The number of rotatable bonds is 3. The molecule has 0 atom stereocenters. The maximum absolute atomic E-state index is 5.88. The van der Waals surface area contributed by atoms with Crippen molar-refractivity contribution >= 4 is 43.5 Å². The highest BCUT2D eigenvalue weighted by Crippen LogP contribution is 2.22. The molecule has 0 spiro atoms. The van der Waals surface area contributed by atoms with Crippen molar-refractivity contribution in [1.29, 1.82) is 0 Å². The molecule has 1 heterocycles. The van der Waals surface area contributed by atoms with Crippen LogP contribution in [0.5, 0.6) is 0 Å². The van der Waals surface area contributed by atoms with Gasteiger partial charge in [-0.05, 0) is 35.9 Å². The van der Waals surface area contributed by atoms with Crippen LogP contribution >= 0.6 is 43.5 Å². The lowest BCUT2D eigenvalue weighted by Gasteiger charge is -2.08. The van der Waals surface area contributed by atoms with Gasteiger partial charge in [0.2, 0.25) is 0 Å². The molecule has 0 bridgehead atoms. The Kier molecular flexibility index (Phi) is 4.11. The van der Waals surface area contributed by atoms with E-state index in [1.165, 1.54) is 11.3 Å². The Morgan fingerprint density at radius 3 is 2.25 bits per heavy atom. The minimum absolute atomic E-state index is 0.761. The molecule has 0 radical (unpaired) electrons. The molecular formula is C12H10Br2ClN. The van der Waals surface area contributed by atoms with Gasteiger partial charge in [0, 0.05) is 33.3 Å². The van der Waals surface area contributed by atoms with Gasteiger partial charge in [0.05, 0.1) is 0 Å². The molecule has 0 aliphatic carbocycles. The van der Waals surface area contributed by atoms with Crippen molar-refractivity contribution < 1.29 is 0 Å². The van der Waals surface area contributed by atoms with Gasteiger partial charge in [-0.3, -0.25) is 0 Å². The Labute approximate surface area is 117 Å². The van der Waals surface area contributed by atoms with E-state index in [-0.39, 0.29) is 0 Å². The third-order valence-electron chi connectivity index (χ3n) is 2.46. The average Bonchev–Trinajstić information content (AvgIpc) is 2.72. The summed E-state index contributed by atoms with van der Waals surface area (Å²) in [4.78, 5) is 0. The summed E-state index contributed by atoms with van der Waals surface area (Å²) in [6, 6.07) is 9.98. The summed E-state index contributed by atoms with van der Waals surface area (Å²) in [7, 11) is 0. The standard InChI is InChI=1S/C12H10Br2ClN/c13-7-9-5-6-16(12(9)8-14)11-3-1-10(15)2-4-11/h1-6H,7-8H2. The van der Waals surface area contributed by atoms with Crippen LogP contribution in [-0.2, 0) is 10.7 Å². The zero-order valence-corrected chi connectivity index (χ0v) is 12.4. The van der Waals surface area contributed by atoms with E-state index in [0.717, 1.165) is 21.4 Å². The lowest BCUT2D eigenvalue weighted by atomic mass is 10.3. The monoisotopic (exact) mass is 361 g/mol. The molecular weight excluding hydrogens is 353 g/mol. The van der Waals surface area contributed by atoms with Gasteiger partial charge < -0.3 is 4.57 Å². The highest BCUT2D eigenvalue weighted by molar-refractivity contribution is 9.09. The normalized spacial score (nSPS) is 10.7. The van der Waals surface area contributed by atoms with Crippen LogP contribution in [0.25, 0.3) is 5.69 Å². The van der Waals surface area contributed by atoms with Crippen LogP contribution in [-0.4, -0.2) is 4.57 Å². The van der Waals surface area contributed by atoms with Crippen LogP contribution in [0.1, 0.15) is 11.3 Å². The van der Waals surface area contributed by atoms with Crippen LogP contribution in [0.3, 0.4) is 0 Å². The molecule has 0 aliphatic heterocycles. The zero-order valence-electron chi connectivity index (χ0n) is 8.46. The number of benzene rings is 1. The van der Waals surface area contributed by atoms with Crippen molar-refractivity contribution in [2.75, 3.05) is 0 Å². The molecule has 0 saturated heterocycles. The van der Waals surface area contributed by atoms with Crippen molar-refractivity contribution in [2.24, 2.45) is 0 Å². The third-order valence-corrected chi connectivity index (χ3v) is 3.85. The van der Waals surface area contributed by atoms with Gasteiger partial charge >= 0.3 is 0 Å². The Morgan fingerprint density at radius 1 is 1.00 bits per heavy atom. The lowest BCUT2D eigenvalue weighted by molar-refractivity contribution is 0.996. The molecule has 0 fully saturated rings. The van der Waals surface area contributed by atoms with Crippen LogP contribution in [0.2, 0.25) is 5.02 Å². The first kappa shape index (κ1) is 12.2. The van der Waals surface area contributed by atoms with Gasteiger partial charge in [-0.15, -0.1) is 0 Å². The molecule has 0 unspecified atom stereocenters. The third kappa shape index (κ3) is 2.36. The topological polar surface area (TPSA) is 4.93 Å². The molecule has 0 aliphatic rings. The van der Waals surface area contributed by atoms with E-state index >= 15 is 0 Å². The van der Waals surface area contributed by atoms with Gasteiger partial charge in [-0.25, -0.2) is 0 Å². The van der Waals surface area contributed by atoms with Gasteiger partial charge in [0.1, 0.15) is 0 Å². The first-order valence-electron chi connectivity index (χ1n) is 4.83. The molecule has 84 valence electrons. The van der Waals surface area contributed by atoms with E-state index < -0.39 is 0 Å². The second kappa shape index (κ2) is 5.39. The Balaban J connectivity index is 2.47. The summed E-state index contributed by atoms with van der Waals surface area (Å²) in [6.07, 6.45) is 2.08. The second-order valence-corrected chi connectivity index (χ2v) is 4.96. The second-order valence-electron chi connectivity index (χ2n) is 3.40. The number of nitrogens with zero attached hydrogens (tertiary/aromatic N) is 1. The number of alkyl halides is 2. The molecule has 0 N–H and O–H groups in total. The summed E-state index contributed by atoms with van der Waals surface area (Å²) < 4.78 is 2.17. The van der Waals surface area contributed by atoms with Crippen LogP contribution < -0.4 is 0 Å². The first-order chi connectivity index (χ1) is 7.76. The van der Waals surface area contributed by atoms with Gasteiger partial charge in [0.25, 0.3) is 0 Å². The molecule has 1 nitrogen and oxygen atoms in total.